The highest BCUT2D eigenvalue weighted by Crippen LogP contribution is 2.39. The minimum absolute atomic E-state index is 0.0504. The van der Waals surface area contributed by atoms with E-state index >= 15 is 0 Å². The molecule has 0 rings (SSSR count). The van der Waals surface area contributed by atoms with Crippen LogP contribution in [-0.4, -0.2) is 16.0 Å². The first-order valence-corrected chi connectivity index (χ1v) is 5.77. The number of rotatable bonds is 3. The Bertz CT molecular complexity index is 351. The van der Waals surface area contributed by atoms with Crippen LogP contribution in [-0.2, 0) is 4.74 Å². The number of methoxy groups -OCH3 is 1. The molecule has 0 bridgehead atoms. The van der Waals surface area contributed by atoms with Crippen molar-refractivity contribution in [2.45, 2.75) is 10.7 Å². The summed E-state index contributed by atoms with van der Waals surface area (Å²) in [5.41, 5.74) is 0.138. The molecule has 16 heavy (non-hydrogen) atoms. The molecule has 7 heteroatoms. The molecule has 1 N–H and O–H groups in total. The number of alkyl halides is 3. The van der Waals surface area contributed by atoms with Crippen LogP contribution in [0.2, 0.25) is 0 Å². The molecule has 0 aliphatic rings. The van der Waals surface area contributed by atoms with Crippen LogP contribution in [0.5, 0.6) is 0 Å². The Labute approximate surface area is 119 Å². The summed E-state index contributed by atoms with van der Waals surface area (Å²) >= 11 is 28.3. The lowest BCUT2D eigenvalue weighted by atomic mass is 10.2. The third kappa shape index (κ3) is 4.27. The third-order valence-electron chi connectivity index (χ3n) is 1.66. The van der Waals surface area contributed by atoms with Crippen LogP contribution in [0, 0.1) is 0 Å². The lowest BCUT2D eigenvalue weighted by Gasteiger charge is -2.14. The van der Waals surface area contributed by atoms with Gasteiger partial charge in [-0.3, -0.25) is 0 Å². The molecule has 0 unspecified atom stereocenters. The largest absolute Gasteiger partial charge is 0.505 e. The zero-order chi connectivity index (χ0) is 13.1. The normalized spacial score (nSPS) is 15.2. The molecule has 0 aromatic heterocycles. The highest BCUT2D eigenvalue weighted by atomic mass is 35.6. The van der Waals surface area contributed by atoms with Crippen molar-refractivity contribution in [3.63, 3.8) is 0 Å². The van der Waals surface area contributed by atoms with Crippen LogP contribution in [0.1, 0.15) is 6.92 Å². The van der Waals surface area contributed by atoms with Gasteiger partial charge >= 0.3 is 0 Å². The van der Waals surface area contributed by atoms with Gasteiger partial charge in [-0.1, -0.05) is 64.6 Å². The van der Waals surface area contributed by atoms with E-state index in [0.29, 0.717) is 0 Å². The monoisotopic (exact) mass is 324 g/mol. The van der Waals surface area contributed by atoms with Crippen molar-refractivity contribution in [3.05, 3.63) is 33.7 Å². The number of aliphatic hydroxyl groups excluding tert-OH is 1. The van der Waals surface area contributed by atoms with Crippen molar-refractivity contribution in [1.29, 1.82) is 0 Å². The Morgan fingerprint density at radius 2 is 1.62 bits per heavy atom. The lowest BCUT2D eigenvalue weighted by Crippen LogP contribution is -2.07. The summed E-state index contributed by atoms with van der Waals surface area (Å²) in [7, 11) is 1.34. The molecule has 0 spiro atoms. The Kier molecular flexibility index (Phi) is 6.38. The zero-order valence-electron chi connectivity index (χ0n) is 8.45. The summed E-state index contributed by atoms with van der Waals surface area (Å²) in [4.78, 5) is 0. The van der Waals surface area contributed by atoms with Gasteiger partial charge in [-0.15, -0.1) is 0 Å². The Morgan fingerprint density at radius 1 is 1.19 bits per heavy atom. The van der Waals surface area contributed by atoms with Gasteiger partial charge in [0.2, 0.25) is 3.79 Å². The van der Waals surface area contributed by atoms with Crippen molar-refractivity contribution in [2.24, 2.45) is 0 Å². The fourth-order valence-electron chi connectivity index (χ4n) is 0.620. The Hall–Kier alpha value is 0.270. The van der Waals surface area contributed by atoms with Crippen LogP contribution < -0.4 is 0 Å². The van der Waals surface area contributed by atoms with E-state index in [1.54, 1.807) is 0 Å². The molecular formula is C9H9Cl5O2. The SMILES string of the molecule is C=C(OC)/C(Cl)=C(O)\C(Cl)=C(/C)C(Cl)(Cl)Cl. The fraction of sp³-hybridized carbons (Fsp3) is 0.333. The first-order valence-electron chi connectivity index (χ1n) is 3.88. The quantitative estimate of drug-likeness (QED) is 0.447. The zero-order valence-corrected chi connectivity index (χ0v) is 12.2. The lowest BCUT2D eigenvalue weighted by molar-refractivity contribution is 0.301. The van der Waals surface area contributed by atoms with Gasteiger partial charge in [0.05, 0.1) is 12.1 Å². The highest BCUT2D eigenvalue weighted by Gasteiger charge is 2.27. The van der Waals surface area contributed by atoms with Crippen LogP contribution >= 0.6 is 58.0 Å². The van der Waals surface area contributed by atoms with E-state index in [1.165, 1.54) is 14.0 Å². The fourth-order valence-corrected chi connectivity index (χ4v) is 1.50. The molecule has 0 fully saturated rings. The van der Waals surface area contributed by atoms with Gasteiger partial charge in [0, 0.05) is 0 Å². The second kappa shape index (κ2) is 6.27. The molecule has 0 aromatic rings. The van der Waals surface area contributed by atoms with E-state index in [2.05, 4.69) is 6.58 Å². The van der Waals surface area contributed by atoms with Gasteiger partial charge in [0.15, 0.2) is 5.76 Å². The van der Waals surface area contributed by atoms with E-state index in [0.717, 1.165) is 0 Å². The maximum atomic E-state index is 9.66. The molecule has 0 saturated carbocycles. The predicted octanol–water partition coefficient (Wildman–Crippen LogP) is 5.04. The molecule has 0 radical (unpaired) electrons. The second-order valence-corrected chi connectivity index (χ2v) is 5.76. The van der Waals surface area contributed by atoms with Crippen LogP contribution in [0.3, 0.4) is 0 Å². The molecule has 0 saturated heterocycles. The molecule has 92 valence electrons. The highest BCUT2D eigenvalue weighted by molar-refractivity contribution is 6.69. The van der Waals surface area contributed by atoms with Crippen LogP contribution in [0.15, 0.2) is 33.7 Å². The van der Waals surface area contributed by atoms with Gasteiger partial charge < -0.3 is 9.84 Å². The number of allylic oxidation sites excluding steroid dienone is 3. The average Bonchev–Trinajstić information content (AvgIpc) is 2.22. The second-order valence-electron chi connectivity index (χ2n) is 2.73. The van der Waals surface area contributed by atoms with E-state index in [4.69, 9.17) is 62.7 Å². The van der Waals surface area contributed by atoms with Crippen molar-refractivity contribution >= 4 is 58.0 Å². The smallest absolute Gasteiger partial charge is 0.213 e. The van der Waals surface area contributed by atoms with Crippen molar-refractivity contribution < 1.29 is 9.84 Å². The first kappa shape index (κ1) is 16.3. The number of hydrogen-bond donors (Lipinski definition) is 1. The minimum Gasteiger partial charge on any atom is -0.505 e. The van der Waals surface area contributed by atoms with Gasteiger partial charge in [-0.05, 0) is 12.5 Å². The van der Waals surface area contributed by atoms with E-state index in [-0.39, 0.29) is 21.4 Å². The molecule has 0 atom stereocenters. The summed E-state index contributed by atoms with van der Waals surface area (Å²) in [6.45, 7) is 4.90. The number of aliphatic hydroxyl groups is 1. The van der Waals surface area contributed by atoms with Crippen molar-refractivity contribution in [2.75, 3.05) is 7.11 Å². The van der Waals surface area contributed by atoms with Crippen molar-refractivity contribution in [1.82, 2.24) is 0 Å². The summed E-state index contributed by atoms with van der Waals surface area (Å²) < 4.78 is 3.00. The molecule has 0 heterocycles. The molecule has 0 aliphatic heterocycles. The van der Waals surface area contributed by atoms with Crippen LogP contribution in [0.25, 0.3) is 0 Å². The summed E-state index contributed by atoms with van der Waals surface area (Å²) in [5, 5.41) is 9.35. The number of hydrogen-bond acceptors (Lipinski definition) is 2. The van der Waals surface area contributed by atoms with Gasteiger partial charge in [0.1, 0.15) is 10.8 Å². The maximum absolute atomic E-state index is 9.66. The van der Waals surface area contributed by atoms with Crippen LogP contribution in [0.4, 0.5) is 0 Å². The molecular weight excluding hydrogens is 317 g/mol. The molecule has 2 nitrogen and oxygen atoms in total. The van der Waals surface area contributed by atoms with E-state index in [9.17, 15) is 5.11 Å². The standard InChI is InChI=1S/C9H9Cl5O2/c1-4(9(12,13)14)6(10)8(15)7(11)5(2)16-3/h15H,2H2,1,3H3/b6-4-,8-7-. The average molecular weight is 326 g/mol. The van der Waals surface area contributed by atoms with Gasteiger partial charge in [-0.2, -0.15) is 0 Å². The molecule has 0 aliphatic carbocycles. The van der Waals surface area contributed by atoms with Crippen molar-refractivity contribution in [3.8, 4) is 0 Å². The summed E-state index contributed by atoms with van der Waals surface area (Å²) in [5.74, 6) is -0.409. The predicted molar refractivity (Wildman–Crippen MR) is 70.5 cm³/mol. The van der Waals surface area contributed by atoms with Gasteiger partial charge in [0.25, 0.3) is 0 Å². The Balaban J connectivity index is 5.45. The molecule has 0 aromatic carbocycles. The minimum atomic E-state index is -1.73. The number of ether oxygens (including phenoxy) is 1. The maximum Gasteiger partial charge on any atom is 0.213 e. The molecule has 0 amide bonds. The third-order valence-corrected chi connectivity index (χ3v) is 3.36. The van der Waals surface area contributed by atoms with E-state index in [1.807, 2.05) is 0 Å². The Morgan fingerprint density at radius 3 is 1.94 bits per heavy atom. The summed E-state index contributed by atoms with van der Waals surface area (Å²) in [6, 6.07) is 0. The topological polar surface area (TPSA) is 29.5 Å². The summed E-state index contributed by atoms with van der Waals surface area (Å²) in [6.07, 6.45) is 0. The first-order chi connectivity index (χ1) is 7.12. The number of halogens is 5. The van der Waals surface area contributed by atoms with E-state index < -0.39 is 9.55 Å². The van der Waals surface area contributed by atoms with Gasteiger partial charge in [-0.25, -0.2) is 0 Å².